The zero-order chi connectivity index (χ0) is 16.8. The predicted octanol–water partition coefficient (Wildman–Crippen LogP) is 4.14. The highest BCUT2D eigenvalue weighted by Gasteiger charge is 2.10. The van der Waals surface area contributed by atoms with Crippen LogP contribution in [-0.2, 0) is 6.61 Å². The number of halogens is 1. The van der Waals surface area contributed by atoms with Crippen LogP contribution in [0.15, 0.2) is 53.6 Å². The van der Waals surface area contributed by atoms with Gasteiger partial charge in [0, 0.05) is 22.1 Å². The van der Waals surface area contributed by atoms with Crippen molar-refractivity contribution in [3.8, 4) is 5.75 Å². The number of rotatable bonds is 5. The Morgan fingerprint density at radius 2 is 1.92 bits per heavy atom. The molecular weight excluding hydrogens is 344 g/mol. The highest BCUT2D eigenvalue weighted by Crippen LogP contribution is 2.17. The van der Waals surface area contributed by atoms with Crippen LogP contribution in [0.2, 0.25) is 5.02 Å². The first-order chi connectivity index (χ1) is 11.7. The van der Waals surface area contributed by atoms with Gasteiger partial charge in [0.15, 0.2) is 0 Å². The molecule has 1 saturated heterocycles. The molecule has 124 valence electrons. The zero-order valence-electron chi connectivity index (χ0n) is 13.0. The first-order valence-electron chi connectivity index (χ1n) is 7.61. The Kier molecular flexibility index (Phi) is 5.77. The lowest BCUT2D eigenvalue weighted by atomic mass is 10.1. The van der Waals surface area contributed by atoms with Crippen molar-refractivity contribution in [2.24, 2.45) is 5.10 Å². The van der Waals surface area contributed by atoms with E-state index in [0.717, 1.165) is 35.0 Å². The van der Waals surface area contributed by atoms with Gasteiger partial charge >= 0.3 is 0 Å². The molecule has 0 bridgehead atoms. The van der Waals surface area contributed by atoms with Gasteiger partial charge in [-0.3, -0.25) is 4.79 Å². The van der Waals surface area contributed by atoms with Crippen molar-refractivity contribution in [1.82, 2.24) is 5.43 Å². The quantitative estimate of drug-likeness (QED) is 0.815. The third-order valence-electron chi connectivity index (χ3n) is 3.55. The van der Waals surface area contributed by atoms with Crippen LogP contribution in [0.5, 0.6) is 5.75 Å². The van der Waals surface area contributed by atoms with E-state index >= 15 is 0 Å². The van der Waals surface area contributed by atoms with Crippen molar-refractivity contribution >= 4 is 35.0 Å². The average Bonchev–Trinajstić information content (AvgIpc) is 3.13. The van der Waals surface area contributed by atoms with Crippen molar-refractivity contribution in [2.75, 3.05) is 11.5 Å². The molecule has 0 atom stereocenters. The Bertz CT molecular complexity index is 722. The summed E-state index contributed by atoms with van der Waals surface area (Å²) < 4.78 is 5.68. The summed E-state index contributed by atoms with van der Waals surface area (Å²) in [6.45, 7) is 0.434. The number of carbonyl (C=O) groups excluding carboxylic acids is 1. The molecule has 1 N–H and O–H groups in total. The minimum Gasteiger partial charge on any atom is -0.489 e. The third kappa shape index (κ3) is 4.76. The molecule has 6 heteroatoms. The molecule has 24 heavy (non-hydrogen) atoms. The molecule has 0 unspecified atom stereocenters. The van der Waals surface area contributed by atoms with Crippen molar-refractivity contribution in [2.45, 2.75) is 13.0 Å². The minimum absolute atomic E-state index is 0.190. The molecular formula is C18H17ClN2O2S. The monoisotopic (exact) mass is 360 g/mol. The maximum Gasteiger partial charge on any atom is 0.271 e. The van der Waals surface area contributed by atoms with Crippen LogP contribution < -0.4 is 10.2 Å². The van der Waals surface area contributed by atoms with Crippen molar-refractivity contribution in [1.29, 1.82) is 0 Å². The smallest absolute Gasteiger partial charge is 0.271 e. The Labute approximate surface area is 150 Å². The molecule has 1 aliphatic heterocycles. The predicted molar refractivity (Wildman–Crippen MR) is 99.1 cm³/mol. The van der Waals surface area contributed by atoms with Crippen LogP contribution in [0, 0.1) is 0 Å². The average molecular weight is 361 g/mol. The molecule has 1 amide bonds. The minimum atomic E-state index is -0.190. The maximum absolute atomic E-state index is 12.1. The first-order valence-corrected chi connectivity index (χ1v) is 9.15. The van der Waals surface area contributed by atoms with Gasteiger partial charge in [-0.25, -0.2) is 5.43 Å². The Hall–Kier alpha value is -1.98. The van der Waals surface area contributed by atoms with E-state index in [0.29, 0.717) is 17.2 Å². The summed E-state index contributed by atoms with van der Waals surface area (Å²) in [6, 6.07) is 14.5. The van der Waals surface area contributed by atoms with Gasteiger partial charge in [0.2, 0.25) is 0 Å². The van der Waals surface area contributed by atoms with E-state index in [4.69, 9.17) is 16.3 Å². The number of hydrogen-bond acceptors (Lipinski definition) is 4. The number of thioether (sulfide) groups is 1. The number of carbonyl (C=O) groups is 1. The van der Waals surface area contributed by atoms with Crippen molar-refractivity contribution in [3.63, 3.8) is 0 Å². The second-order valence-corrected chi connectivity index (χ2v) is 6.90. The van der Waals surface area contributed by atoms with Crippen LogP contribution >= 0.6 is 23.4 Å². The number of nitrogens with zero attached hydrogens (tertiary/aromatic N) is 1. The Morgan fingerprint density at radius 1 is 1.17 bits per heavy atom. The number of benzene rings is 2. The van der Waals surface area contributed by atoms with Gasteiger partial charge in [0.05, 0.1) is 0 Å². The fourth-order valence-electron chi connectivity index (χ4n) is 2.18. The summed E-state index contributed by atoms with van der Waals surface area (Å²) in [4.78, 5) is 12.1. The number of hydrogen-bond donors (Lipinski definition) is 1. The lowest BCUT2D eigenvalue weighted by Gasteiger charge is -2.07. The summed E-state index contributed by atoms with van der Waals surface area (Å²) in [7, 11) is 0. The zero-order valence-corrected chi connectivity index (χ0v) is 14.6. The fraction of sp³-hybridized carbons (Fsp3) is 0.222. The number of hydrazone groups is 1. The SMILES string of the molecule is O=C(N/N=C1\CCSC1)c1ccc(COc2ccc(Cl)cc2)cc1. The van der Waals surface area contributed by atoms with Crippen molar-refractivity contribution < 1.29 is 9.53 Å². The molecule has 0 saturated carbocycles. The highest BCUT2D eigenvalue weighted by molar-refractivity contribution is 8.00. The molecule has 1 heterocycles. The van der Waals surface area contributed by atoms with Crippen LogP contribution in [-0.4, -0.2) is 23.1 Å². The Balaban J connectivity index is 1.53. The van der Waals surface area contributed by atoms with E-state index in [-0.39, 0.29) is 5.91 Å². The van der Waals surface area contributed by atoms with E-state index in [1.807, 2.05) is 36.0 Å². The molecule has 1 fully saturated rings. The normalized spacial score (nSPS) is 15.5. The fourth-order valence-corrected chi connectivity index (χ4v) is 3.28. The third-order valence-corrected chi connectivity index (χ3v) is 4.84. The molecule has 4 nitrogen and oxygen atoms in total. The number of nitrogens with one attached hydrogen (secondary N) is 1. The molecule has 2 aromatic rings. The molecule has 0 aromatic heterocycles. The topological polar surface area (TPSA) is 50.7 Å². The molecule has 3 rings (SSSR count). The molecule has 0 aliphatic carbocycles. The van der Waals surface area contributed by atoms with Crippen LogP contribution in [0.1, 0.15) is 22.3 Å². The molecule has 0 spiro atoms. The molecule has 2 aromatic carbocycles. The lowest BCUT2D eigenvalue weighted by molar-refractivity contribution is 0.0954. The summed E-state index contributed by atoms with van der Waals surface area (Å²) in [5.74, 6) is 2.55. The summed E-state index contributed by atoms with van der Waals surface area (Å²) in [6.07, 6.45) is 0.950. The van der Waals surface area contributed by atoms with Gasteiger partial charge in [0.1, 0.15) is 12.4 Å². The number of amides is 1. The molecule has 0 radical (unpaired) electrons. The highest BCUT2D eigenvalue weighted by atomic mass is 35.5. The van der Waals surface area contributed by atoms with E-state index in [9.17, 15) is 4.79 Å². The largest absolute Gasteiger partial charge is 0.489 e. The van der Waals surface area contributed by atoms with Crippen LogP contribution in [0.4, 0.5) is 0 Å². The lowest BCUT2D eigenvalue weighted by Crippen LogP contribution is -2.19. The van der Waals surface area contributed by atoms with E-state index in [2.05, 4.69) is 10.5 Å². The van der Waals surface area contributed by atoms with E-state index in [1.54, 1.807) is 24.3 Å². The van der Waals surface area contributed by atoms with Crippen LogP contribution in [0.3, 0.4) is 0 Å². The number of ether oxygens (including phenoxy) is 1. The summed E-state index contributed by atoms with van der Waals surface area (Å²) in [5.41, 5.74) is 5.23. The van der Waals surface area contributed by atoms with Crippen molar-refractivity contribution in [3.05, 3.63) is 64.7 Å². The Morgan fingerprint density at radius 3 is 2.58 bits per heavy atom. The maximum atomic E-state index is 12.1. The van der Waals surface area contributed by atoms with Gasteiger partial charge in [-0.2, -0.15) is 16.9 Å². The van der Waals surface area contributed by atoms with E-state index < -0.39 is 0 Å². The summed E-state index contributed by atoms with van der Waals surface area (Å²) >= 11 is 7.67. The summed E-state index contributed by atoms with van der Waals surface area (Å²) in [5, 5.41) is 4.84. The van der Waals surface area contributed by atoms with Crippen LogP contribution in [0.25, 0.3) is 0 Å². The van der Waals surface area contributed by atoms with Gasteiger partial charge in [-0.05, 0) is 54.1 Å². The van der Waals surface area contributed by atoms with Gasteiger partial charge < -0.3 is 4.74 Å². The second-order valence-electron chi connectivity index (χ2n) is 5.36. The molecule has 1 aliphatic rings. The van der Waals surface area contributed by atoms with Gasteiger partial charge in [-0.1, -0.05) is 23.7 Å². The standard InChI is InChI=1S/C18H17ClN2O2S/c19-15-5-7-17(8-6-15)23-11-13-1-3-14(4-2-13)18(22)21-20-16-9-10-24-12-16/h1-8H,9-12H2,(H,21,22)/b20-16+. The van der Waals surface area contributed by atoms with E-state index in [1.165, 1.54) is 0 Å². The first kappa shape index (κ1) is 16.9. The second kappa shape index (κ2) is 8.22. The van der Waals surface area contributed by atoms with Gasteiger partial charge in [0.25, 0.3) is 5.91 Å². The van der Waals surface area contributed by atoms with Gasteiger partial charge in [-0.15, -0.1) is 0 Å².